The van der Waals surface area contributed by atoms with Crippen molar-refractivity contribution in [2.45, 2.75) is 30.0 Å². The van der Waals surface area contributed by atoms with Gasteiger partial charge in [0.15, 0.2) is 0 Å². The summed E-state index contributed by atoms with van der Waals surface area (Å²) in [5.74, 6) is 0.994. The van der Waals surface area contributed by atoms with E-state index in [0.717, 1.165) is 0 Å². The highest BCUT2D eigenvalue weighted by molar-refractivity contribution is 6.51. The van der Waals surface area contributed by atoms with Crippen LogP contribution in [-0.4, -0.2) is 4.33 Å². The van der Waals surface area contributed by atoms with Crippen LogP contribution in [0.4, 0.5) is 0 Å². The van der Waals surface area contributed by atoms with Crippen LogP contribution in [0.2, 0.25) is 0 Å². The van der Waals surface area contributed by atoms with Gasteiger partial charge in [-0.25, -0.2) is 0 Å². The van der Waals surface area contributed by atoms with Gasteiger partial charge in [-0.05, 0) is 19.3 Å². The number of rotatable bonds is 0. The molecule has 0 aromatic heterocycles. The maximum atomic E-state index is 6.07. The monoisotopic (exact) mass is 190 g/mol. The average Bonchev–Trinajstić information content (AvgIpc) is 2.29. The minimum atomic E-state index is -0.416. The van der Waals surface area contributed by atoms with Crippen molar-refractivity contribution in [1.29, 1.82) is 0 Å². The van der Waals surface area contributed by atoms with Gasteiger partial charge in [0, 0.05) is 11.8 Å². The van der Waals surface area contributed by atoms with Gasteiger partial charge in [0.1, 0.15) is 4.33 Å². The second-order valence-corrected chi connectivity index (χ2v) is 4.96. The van der Waals surface area contributed by atoms with Crippen LogP contribution < -0.4 is 0 Å². The molecule has 0 heterocycles. The molecule has 0 aromatic carbocycles. The Labute approximate surface area is 77.6 Å². The summed E-state index contributed by atoms with van der Waals surface area (Å²) < 4.78 is -0.416. The van der Waals surface area contributed by atoms with Crippen molar-refractivity contribution in [3.8, 4) is 0 Å². The Kier molecular flexibility index (Phi) is 1.93. The van der Waals surface area contributed by atoms with Gasteiger partial charge in [-0.1, -0.05) is 18.6 Å². The minimum absolute atomic E-state index is 0.416. The van der Waals surface area contributed by atoms with Crippen LogP contribution in [0.15, 0.2) is 12.2 Å². The van der Waals surface area contributed by atoms with Gasteiger partial charge in [0.2, 0.25) is 0 Å². The summed E-state index contributed by atoms with van der Waals surface area (Å²) in [4.78, 5) is 0. The zero-order valence-electron chi connectivity index (χ0n) is 6.39. The van der Waals surface area contributed by atoms with Crippen LogP contribution in [0.5, 0.6) is 0 Å². The summed E-state index contributed by atoms with van der Waals surface area (Å²) in [5.41, 5.74) is 0. The minimum Gasteiger partial charge on any atom is -0.101 e. The van der Waals surface area contributed by atoms with Gasteiger partial charge in [-0.2, -0.15) is 0 Å². The highest BCUT2D eigenvalue weighted by atomic mass is 35.5. The molecule has 0 N–H and O–H groups in total. The summed E-state index contributed by atoms with van der Waals surface area (Å²) in [5, 5.41) is 0. The SMILES string of the molecule is ClC1(Cl)C2C=CCCCCC21. The number of hydrogen-bond donors (Lipinski definition) is 0. The van der Waals surface area contributed by atoms with Gasteiger partial charge in [-0.3, -0.25) is 0 Å². The van der Waals surface area contributed by atoms with Crippen LogP contribution in [0.3, 0.4) is 0 Å². The van der Waals surface area contributed by atoms with E-state index in [1.54, 1.807) is 0 Å². The molecule has 2 aliphatic carbocycles. The molecule has 0 aromatic rings. The lowest BCUT2D eigenvalue weighted by Gasteiger charge is -1.99. The van der Waals surface area contributed by atoms with Gasteiger partial charge in [0.05, 0.1) is 0 Å². The lowest BCUT2D eigenvalue weighted by molar-refractivity contribution is 0.603. The van der Waals surface area contributed by atoms with Crippen molar-refractivity contribution in [3.63, 3.8) is 0 Å². The summed E-state index contributed by atoms with van der Waals surface area (Å²) in [7, 11) is 0. The fourth-order valence-corrected chi connectivity index (χ4v) is 2.73. The number of allylic oxidation sites excluding steroid dienone is 2. The molecule has 1 saturated carbocycles. The number of alkyl halides is 2. The zero-order valence-corrected chi connectivity index (χ0v) is 7.91. The van der Waals surface area contributed by atoms with E-state index in [0.29, 0.717) is 11.8 Å². The van der Waals surface area contributed by atoms with E-state index >= 15 is 0 Å². The highest BCUT2D eigenvalue weighted by Gasteiger charge is 2.60. The van der Waals surface area contributed by atoms with Crippen molar-refractivity contribution < 1.29 is 0 Å². The molecular weight excluding hydrogens is 179 g/mol. The second kappa shape index (κ2) is 2.67. The lowest BCUT2D eigenvalue weighted by Crippen LogP contribution is -1.89. The molecule has 2 atom stereocenters. The van der Waals surface area contributed by atoms with Crippen LogP contribution in [0.1, 0.15) is 25.7 Å². The van der Waals surface area contributed by atoms with Gasteiger partial charge in [-0.15, -0.1) is 23.2 Å². The average molecular weight is 191 g/mol. The number of halogens is 2. The summed E-state index contributed by atoms with van der Waals surface area (Å²) in [6.45, 7) is 0. The van der Waals surface area contributed by atoms with E-state index in [-0.39, 0.29) is 0 Å². The predicted octanol–water partition coefficient (Wildman–Crippen LogP) is 3.54. The molecule has 0 nitrogen and oxygen atoms in total. The van der Waals surface area contributed by atoms with E-state index in [9.17, 15) is 0 Å². The Hall–Kier alpha value is 0.320. The summed E-state index contributed by atoms with van der Waals surface area (Å²) in [6, 6.07) is 0. The topological polar surface area (TPSA) is 0 Å². The van der Waals surface area contributed by atoms with E-state index in [1.165, 1.54) is 25.7 Å². The first kappa shape index (κ1) is 7.94. The fourth-order valence-electron chi connectivity index (χ4n) is 1.92. The lowest BCUT2D eigenvalue weighted by atomic mass is 10.1. The van der Waals surface area contributed by atoms with E-state index < -0.39 is 4.33 Å². The summed E-state index contributed by atoms with van der Waals surface area (Å²) in [6.07, 6.45) is 9.42. The normalized spacial score (nSPS) is 40.5. The van der Waals surface area contributed by atoms with Crippen molar-refractivity contribution in [3.05, 3.63) is 12.2 Å². The number of fused-ring (bicyclic) bond motifs is 1. The number of hydrogen-bond acceptors (Lipinski definition) is 0. The summed E-state index contributed by atoms with van der Waals surface area (Å²) >= 11 is 12.1. The van der Waals surface area contributed by atoms with Gasteiger partial charge in [0.25, 0.3) is 0 Å². The maximum Gasteiger partial charge on any atom is 0.128 e. The van der Waals surface area contributed by atoms with E-state index in [4.69, 9.17) is 23.2 Å². The van der Waals surface area contributed by atoms with Crippen molar-refractivity contribution in [2.75, 3.05) is 0 Å². The molecule has 1 fully saturated rings. The molecule has 2 unspecified atom stereocenters. The third-order valence-electron chi connectivity index (χ3n) is 2.74. The van der Waals surface area contributed by atoms with Crippen molar-refractivity contribution >= 4 is 23.2 Å². The third-order valence-corrected chi connectivity index (χ3v) is 3.81. The Balaban J connectivity index is 2.07. The Bertz CT molecular complexity index is 184. The molecule has 0 spiro atoms. The van der Waals surface area contributed by atoms with E-state index in [1.807, 2.05) is 0 Å². The molecule has 0 bridgehead atoms. The largest absolute Gasteiger partial charge is 0.128 e. The smallest absolute Gasteiger partial charge is 0.101 e. The van der Waals surface area contributed by atoms with Crippen LogP contribution >= 0.6 is 23.2 Å². The molecule has 62 valence electrons. The first-order valence-electron chi connectivity index (χ1n) is 4.27. The standard InChI is InChI=1S/C9H12Cl2/c10-9(11)7-5-3-1-2-4-6-8(7)9/h3,5,7-8H,1-2,4,6H2. The maximum absolute atomic E-state index is 6.07. The van der Waals surface area contributed by atoms with Crippen LogP contribution in [0, 0.1) is 11.8 Å². The molecule has 2 aliphatic rings. The molecule has 2 rings (SSSR count). The van der Waals surface area contributed by atoms with Crippen LogP contribution in [-0.2, 0) is 0 Å². The van der Waals surface area contributed by atoms with Gasteiger partial charge >= 0.3 is 0 Å². The molecule has 0 aliphatic heterocycles. The fraction of sp³-hybridized carbons (Fsp3) is 0.778. The van der Waals surface area contributed by atoms with Crippen molar-refractivity contribution in [2.24, 2.45) is 11.8 Å². The Morgan fingerprint density at radius 1 is 1.27 bits per heavy atom. The highest BCUT2D eigenvalue weighted by Crippen LogP contribution is 2.62. The quantitative estimate of drug-likeness (QED) is 0.405. The van der Waals surface area contributed by atoms with Gasteiger partial charge < -0.3 is 0 Å². The molecule has 0 radical (unpaired) electrons. The molecule has 0 saturated heterocycles. The predicted molar refractivity (Wildman–Crippen MR) is 49.0 cm³/mol. The Morgan fingerprint density at radius 2 is 2.09 bits per heavy atom. The first-order chi connectivity index (χ1) is 5.23. The zero-order chi connectivity index (χ0) is 7.90. The van der Waals surface area contributed by atoms with Crippen molar-refractivity contribution in [1.82, 2.24) is 0 Å². The molecule has 2 heteroatoms. The molecule has 0 amide bonds. The van der Waals surface area contributed by atoms with E-state index in [2.05, 4.69) is 12.2 Å². The molecular formula is C9H12Cl2. The molecule has 11 heavy (non-hydrogen) atoms. The second-order valence-electron chi connectivity index (χ2n) is 3.52. The third kappa shape index (κ3) is 1.31. The first-order valence-corrected chi connectivity index (χ1v) is 5.03. The Morgan fingerprint density at radius 3 is 2.91 bits per heavy atom. The van der Waals surface area contributed by atoms with Crippen LogP contribution in [0.25, 0.3) is 0 Å².